The topological polar surface area (TPSA) is 68.7 Å². The zero-order valence-electron chi connectivity index (χ0n) is 9.76. The number of rotatable bonds is 3. The van der Waals surface area contributed by atoms with Gasteiger partial charge in [-0.25, -0.2) is 14.8 Å². The van der Waals surface area contributed by atoms with Crippen molar-refractivity contribution in [2.24, 2.45) is 0 Å². The van der Waals surface area contributed by atoms with Gasteiger partial charge in [0.15, 0.2) is 0 Å². The van der Waals surface area contributed by atoms with E-state index in [0.29, 0.717) is 5.82 Å². The highest BCUT2D eigenvalue weighted by atomic mass is 16.4. The molecule has 6 nitrogen and oxygen atoms in total. The number of carbonyl (C=O) groups is 1. The number of nitrogens with one attached hydrogen (secondary N) is 1. The van der Waals surface area contributed by atoms with Crippen molar-refractivity contribution >= 4 is 11.8 Å². The number of carboxylic acids is 1. The van der Waals surface area contributed by atoms with E-state index in [1.807, 2.05) is 5.01 Å². The molecule has 0 bridgehead atoms. The van der Waals surface area contributed by atoms with Gasteiger partial charge in [0, 0.05) is 32.4 Å². The molecule has 1 fully saturated rings. The van der Waals surface area contributed by atoms with E-state index in [4.69, 9.17) is 5.11 Å². The van der Waals surface area contributed by atoms with Gasteiger partial charge in [-0.1, -0.05) is 0 Å². The molecule has 1 aliphatic rings. The lowest BCUT2D eigenvalue weighted by molar-refractivity contribution is 0.0696. The van der Waals surface area contributed by atoms with Gasteiger partial charge in [-0.05, 0) is 19.2 Å². The molecule has 1 saturated heterocycles. The molecule has 0 spiro atoms. The first-order chi connectivity index (χ1) is 8.15. The quantitative estimate of drug-likeness (QED) is 0.789. The molecule has 6 heteroatoms. The highest BCUT2D eigenvalue weighted by Gasteiger charge is 2.14. The van der Waals surface area contributed by atoms with Crippen LogP contribution in [0.25, 0.3) is 0 Å². The maximum Gasteiger partial charge on any atom is 0.335 e. The summed E-state index contributed by atoms with van der Waals surface area (Å²) in [5.41, 5.74) is 3.38. The third kappa shape index (κ3) is 3.15. The molecule has 1 aliphatic heterocycles. The number of pyridine rings is 1. The summed E-state index contributed by atoms with van der Waals surface area (Å²) < 4.78 is 0. The molecular weight excluding hydrogens is 220 g/mol. The fourth-order valence-electron chi connectivity index (χ4n) is 1.70. The van der Waals surface area contributed by atoms with Gasteiger partial charge in [0.05, 0.1) is 5.56 Å². The Hall–Kier alpha value is -1.66. The first kappa shape index (κ1) is 11.8. The van der Waals surface area contributed by atoms with E-state index in [9.17, 15) is 4.79 Å². The molecule has 0 aromatic carbocycles. The van der Waals surface area contributed by atoms with E-state index < -0.39 is 5.97 Å². The summed E-state index contributed by atoms with van der Waals surface area (Å²) in [4.78, 5) is 17.2. The number of nitrogens with zero attached hydrogens (tertiary/aromatic N) is 3. The van der Waals surface area contributed by atoms with Crippen molar-refractivity contribution < 1.29 is 9.90 Å². The summed E-state index contributed by atoms with van der Waals surface area (Å²) in [5.74, 6) is -0.358. The lowest BCUT2D eigenvalue weighted by Crippen LogP contribution is -2.47. The van der Waals surface area contributed by atoms with Gasteiger partial charge in [-0.2, -0.15) is 0 Å². The Morgan fingerprint density at radius 1 is 1.41 bits per heavy atom. The van der Waals surface area contributed by atoms with Crippen LogP contribution in [0.15, 0.2) is 18.3 Å². The lowest BCUT2D eigenvalue weighted by Gasteiger charge is -2.32. The smallest absolute Gasteiger partial charge is 0.335 e. The van der Waals surface area contributed by atoms with Gasteiger partial charge < -0.3 is 15.4 Å². The Labute approximate surface area is 99.8 Å². The van der Waals surface area contributed by atoms with Crippen molar-refractivity contribution in [2.45, 2.75) is 0 Å². The van der Waals surface area contributed by atoms with Gasteiger partial charge in [0.1, 0.15) is 5.82 Å². The molecule has 1 aromatic heterocycles. The fraction of sp³-hybridized carbons (Fsp3) is 0.455. The van der Waals surface area contributed by atoms with Gasteiger partial charge in [0.25, 0.3) is 0 Å². The first-order valence-corrected chi connectivity index (χ1v) is 5.54. The minimum atomic E-state index is -0.936. The zero-order chi connectivity index (χ0) is 12.3. The number of aromatic nitrogens is 1. The largest absolute Gasteiger partial charge is 0.478 e. The van der Waals surface area contributed by atoms with Crippen molar-refractivity contribution in [1.29, 1.82) is 0 Å². The van der Waals surface area contributed by atoms with Crippen molar-refractivity contribution in [2.75, 3.05) is 38.7 Å². The van der Waals surface area contributed by atoms with E-state index in [1.165, 1.54) is 12.3 Å². The number of anilines is 1. The van der Waals surface area contributed by atoms with Gasteiger partial charge in [-0.3, -0.25) is 0 Å². The summed E-state index contributed by atoms with van der Waals surface area (Å²) in [6, 6.07) is 3.03. The molecule has 17 heavy (non-hydrogen) atoms. The molecule has 2 heterocycles. The van der Waals surface area contributed by atoms with Crippen LogP contribution in [0.2, 0.25) is 0 Å². The average Bonchev–Trinajstić information content (AvgIpc) is 2.32. The number of carboxylic acid groups (broad SMARTS) is 1. The highest BCUT2D eigenvalue weighted by molar-refractivity contribution is 5.88. The minimum Gasteiger partial charge on any atom is -0.478 e. The van der Waals surface area contributed by atoms with E-state index >= 15 is 0 Å². The Morgan fingerprint density at radius 3 is 2.76 bits per heavy atom. The van der Waals surface area contributed by atoms with Crippen molar-refractivity contribution in [3.63, 3.8) is 0 Å². The van der Waals surface area contributed by atoms with Crippen LogP contribution in [-0.2, 0) is 0 Å². The summed E-state index contributed by atoms with van der Waals surface area (Å²) >= 11 is 0. The second-order valence-corrected chi connectivity index (χ2v) is 4.14. The molecule has 0 unspecified atom stereocenters. The second-order valence-electron chi connectivity index (χ2n) is 4.14. The summed E-state index contributed by atoms with van der Waals surface area (Å²) in [7, 11) is 2.08. The van der Waals surface area contributed by atoms with E-state index in [1.54, 1.807) is 6.07 Å². The van der Waals surface area contributed by atoms with E-state index in [0.717, 1.165) is 26.2 Å². The third-order valence-corrected chi connectivity index (χ3v) is 2.78. The van der Waals surface area contributed by atoms with Crippen LogP contribution in [0.1, 0.15) is 10.4 Å². The predicted molar refractivity (Wildman–Crippen MR) is 63.9 cm³/mol. The molecule has 2 N–H and O–H groups in total. The zero-order valence-corrected chi connectivity index (χ0v) is 9.76. The average molecular weight is 236 g/mol. The number of piperazine rings is 1. The molecule has 1 aromatic rings. The Kier molecular flexibility index (Phi) is 3.55. The normalized spacial score (nSPS) is 17.9. The summed E-state index contributed by atoms with van der Waals surface area (Å²) in [6.07, 6.45) is 1.50. The molecule has 92 valence electrons. The molecule has 0 atom stereocenters. The van der Waals surface area contributed by atoms with Crippen molar-refractivity contribution in [3.8, 4) is 0 Å². The Balaban J connectivity index is 1.98. The predicted octanol–water partition coefficient (Wildman–Crippen LogP) is 0.354. The van der Waals surface area contributed by atoms with Crippen LogP contribution in [-0.4, -0.2) is 59.2 Å². The molecule has 2 rings (SSSR count). The van der Waals surface area contributed by atoms with Crippen molar-refractivity contribution in [1.82, 2.24) is 14.9 Å². The van der Waals surface area contributed by atoms with Crippen LogP contribution >= 0.6 is 0 Å². The second kappa shape index (κ2) is 5.11. The monoisotopic (exact) mass is 236 g/mol. The number of hydrazine groups is 1. The molecule has 0 aliphatic carbocycles. The number of hydrogen-bond acceptors (Lipinski definition) is 5. The van der Waals surface area contributed by atoms with E-state index in [-0.39, 0.29) is 5.56 Å². The lowest BCUT2D eigenvalue weighted by atomic mass is 10.3. The standard InChI is InChI=1S/C11H16N4O2/c1-14-4-6-15(7-5-14)13-10-8-9(11(16)17)2-3-12-10/h2-3,8H,4-7H2,1H3,(H,12,13)(H,16,17). The van der Waals surface area contributed by atoms with Crippen LogP contribution in [0.5, 0.6) is 0 Å². The summed E-state index contributed by atoms with van der Waals surface area (Å²) in [6.45, 7) is 3.78. The number of aromatic carboxylic acids is 1. The van der Waals surface area contributed by atoms with Gasteiger partial charge in [0.2, 0.25) is 0 Å². The number of hydrogen-bond donors (Lipinski definition) is 2. The molecular formula is C11H16N4O2. The fourth-order valence-corrected chi connectivity index (χ4v) is 1.70. The first-order valence-electron chi connectivity index (χ1n) is 5.54. The van der Waals surface area contributed by atoms with Crippen LogP contribution < -0.4 is 5.43 Å². The maximum absolute atomic E-state index is 10.8. The SMILES string of the molecule is CN1CCN(Nc2cc(C(=O)O)ccn2)CC1. The Bertz CT molecular complexity index is 402. The highest BCUT2D eigenvalue weighted by Crippen LogP contribution is 2.09. The molecule has 0 saturated carbocycles. The number of likely N-dealkylation sites (N-methyl/N-ethyl adjacent to an activating group) is 1. The van der Waals surface area contributed by atoms with E-state index in [2.05, 4.69) is 22.4 Å². The Morgan fingerprint density at radius 2 is 2.12 bits per heavy atom. The van der Waals surface area contributed by atoms with Gasteiger partial charge >= 0.3 is 5.97 Å². The minimum absolute atomic E-state index is 0.247. The van der Waals surface area contributed by atoms with Gasteiger partial charge in [-0.15, -0.1) is 0 Å². The maximum atomic E-state index is 10.8. The van der Waals surface area contributed by atoms with Crippen LogP contribution in [0.3, 0.4) is 0 Å². The van der Waals surface area contributed by atoms with Crippen LogP contribution in [0.4, 0.5) is 5.82 Å². The third-order valence-electron chi connectivity index (χ3n) is 2.78. The van der Waals surface area contributed by atoms with Crippen molar-refractivity contribution in [3.05, 3.63) is 23.9 Å². The molecule has 0 amide bonds. The summed E-state index contributed by atoms with van der Waals surface area (Å²) in [5, 5.41) is 10.9. The van der Waals surface area contributed by atoms with Crippen LogP contribution in [0, 0.1) is 0 Å². The molecule has 0 radical (unpaired) electrons.